The molecular formula is C8H19N2. The normalized spacial score (nSPS) is 12.0. The molecule has 0 fully saturated rings. The van der Waals surface area contributed by atoms with Crippen LogP contribution in [0.25, 0.3) is 0 Å². The molecular weight excluding hydrogens is 124 g/mol. The molecule has 0 unspecified atom stereocenters. The average Bonchev–Trinajstić information content (AvgIpc) is 1.81. The summed E-state index contributed by atoms with van der Waals surface area (Å²) < 4.78 is 0. The van der Waals surface area contributed by atoms with Gasteiger partial charge in [0.05, 0.1) is 0 Å². The van der Waals surface area contributed by atoms with Crippen molar-refractivity contribution in [2.45, 2.75) is 39.8 Å². The average molecular weight is 143 g/mol. The first kappa shape index (κ1) is 9.92. The van der Waals surface area contributed by atoms with Crippen molar-refractivity contribution in [2.75, 3.05) is 13.1 Å². The molecule has 1 radical (unpaired) electrons. The molecule has 0 heterocycles. The first-order valence-corrected chi connectivity index (χ1v) is 4.00. The summed E-state index contributed by atoms with van der Waals surface area (Å²) in [5.41, 5.74) is 7.08. The van der Waals surface area contributed by atoms with E-state index < -0.39 is 0 Å². The third kappa shape index (κ3) is 3.18. The molecule has 0 rings (SSSR count). The van der Waals surface area contributed by atoms with E-state index in [9.17, 15) is 0 Å². The minimum absolute atomic E-state index is 0.510. The molecule has 0 aromatic rings. The second-order valence-corrected chi connectivity index (χ2v) is 3.18. The molecule has 2 nitrogen and oxygen atoms in total. The van der Waals surface area contributed by atoms with Crippen LogP contribution in [0, 0.1) is 0 Å². The summed E-state index contributed by atoms with van der Waals surface area (Å²) >= 11 is 0. The van der Waals surface area contributed by atoms with Gasteiger partial charge in [0.25, 0.3) is 0 Å². The van der Waals surface area contributed by atoms with Crippen molar-refractivity contribution in [3.05, 3.63) is 0 Å². The van der Waals surface area contributed by atoms with Gasteiger partial charge in [-0.2, -0.15) is 0 Å². The number of nitrogens with zero attached hydrogens (tertiary/aromatic N) is 1. The van der Waals surface area contributed by atoms with Gasteiger partial charge in [-0.1, -0.05) is 0 Å². The van der Waals surface area contributed by atoms with Gasteiger partial charge in [0, 0.05) is 25.2 Å². The van der Waals surface area contributed by atoms with Crippen LogP contribution in [0.4, 0.5) is 0 Å². The van der Waals surface area contributed by atoms with E-state index in [1.807, 2.05) is 0 Å². The maximum atomic E-state index is 7.08. The Balaban J connectivity index is 3.73. The van der Waals surface area contributed by atoms with Crippen LogP contribution in [-0.4, -0.2) is 30.1 Å². The molecule has 0 bridgehead atoms. The third-order valence-electron chi connectivity index (χ3n) is 1.70. The Labute approximate surface area is 64.4 Å². The highest BCUT2D eigenvalue weighted by atomic mass is 15.2. The van der Waals surface area contributed by atoms with E-state index in [0.29, 0.717) is 18.6 Å². The molecule has 0 aliphatic heterocycles. The fourth-order valence-electron chi connectivity index (χ4n) is 1.24. The van der Waals surface area contributed by atoms with E-state index in [0.717, 1.165) is 6.54 Å². The molecule has 0 saturated carbocycles. The van der Waals surface area contributed by atoms with Crippen molar-refractivity contribution in [2.24, 2.45) is 0 Å². The van der Waals surface area contributed by atoms with Crippen LogP contribution in [0.15, 0.2) is 0 Å². The van der Waals surface area contributed by atoms with Gasteiger partial charge in [-0.3, -0.25) is 10.6 Å². The van der Waals surface area contributed by atoms with Crippen LogP contribution in [0.5, 0.6) is 0 Å². The Morgan fingerprint density at radius 1 is 1.10 bits per heavy atom. The summed E-state index contributed by atoms with van der Waals surface area (Å²) in [7, 11) is 0. The minimum Gasteiger partial charge on any atom is -0.297 e. The Morgan fingerprint density at radius 3 is 1.60 bits per heavy atom. The first-order valence-electron chi connectivity index (χ1n) is 4.00. The lowest BCUT2D eigenvalue weighted by Gasteiger charge is -2.29. The zero-order chi connectivity index (χ0) is 8.15. The van der Waals surface area contributed by atoms with Gasteiger partial charge in [-0.15, -0.1) is 0 Å². The molecule has 0 aromatic heterocycles. The van der Waals surface area contributed by atoms with E-state index in [1.54, 1.807) is 0 Å². The van der Waals surface area contributed by atoms with Crippen LogP contribution < -0.4 is 5.73 Å². The van der Waals surface area contributed by atoms with Crippen LogP contribution in [0.3, 0.4) is 0 Å². The van der Waals surface area contributed by atoms with Gasteiger partial charge in [0.15, 0.2) is 0 Å². The first-order chi connectivity index (χ1) is 4.59. The van der Waals surface area contributed by atoms with Gasteiger partial charge in [-0.05, 0) is 27.7 Å². The lowest BCUT2D eigenvalue weighted by atomic mass is 10.2. The van der Waals surface area contributed by atoms with E-state index in [4.69, 9.17) is 5.73 Å². The number of hydrogen-bond acceptors (Lipinski definition) is 1. The summed E-state index contributed by atoms with van der Waals surface area (Å²) in [6, 6.07) is 1.15. The summed E-state index contributed by atoms with van der Waals surface area (Å²) in [5, 5.41) is 0. The molecule has 0 atom stereocenters. The SMILES string of the molecule is CC(C)N(CC[NH])C(C)C. The largest absolute Gasteiger partial charge is 0.297 e. The van der Waals surface area contributed by atoms with Crippen molar-refractivity contribution >= 4 is 0 Å². The second-order valence-electron chi connectivity index (χ2n) is 3.18. The topological polar surface area (TPSA) is 27.0 Å². The van der Waals surface area contributed by atoms with E-state index in [1.165, 1.54) is 0 Å². The molecule has 61 valence electrons. The van der Waals surface area contributed by atoms with Gasteiger partial charge in [0.2, 0.25) is 0 Å². The van der Waals surface area contributed by atoms with Crippen molar-refractivity contribution in [3.63, 3.8) is 0 Å². The number of hydrogen-bond donors (Lipinski definition) is 0. The van der Waals surface area contributed by atoms with Crippen LogP contribution >= 0.6 is 0 Å². The van der Waals surface area contributed by atoms with Gasteiger partial charge in [0.1, 0.15) is 0 Å². The summed E-state index contributed by atoms with van der Waals surface area (Å²) in [5.74, 6) is 0. The quantitative estimate of drug-likeness (QED) is 0.584. The predicted molar refractivity (Wildman–Crippen MR) is 44.9 cm³/mol. The van der Waals surface area contributed by atoms with Crippen LogP contribution in [-0.2, 0) is 0 Å². The van der Waals surface area contributed by atoms with Crippen molar-refractivity contribution in [1.82, 2.24) is 10.6 Å². The summed E-state index contributed by atoms with van der Waals surface area (Å²) in [6.45, 7) is 10.1. The highest BCUT2D eigenvalue weighted by Crippen LogP contribution is 2.02. The fraction of sp³-hybridized carbons (Fsp3) is 1.00. The molecule has 0 aromatic carbocycles. The predicted octanol–water partition coefficient (Wildman–Crippen LogP) is 1.39. The highest BCUT2D eigenvalue weighted by molar-refractivity contribution is 4.66. The minimum atomic E-state index is 0.510. The molecule has 0 spiro atoms. The fourth-order valence-corrected chi connectivity index (χ4v) is 1.24. The lowest BCUT2D eigenvalue weighted by molar-refractivity contribution is 0.180. The maximum Gasteiger partial charge on any atom is 0.0228 e. The molecule has 1 N–H and O–H groups in total. The number of rotatable bonds is 4. The van der Waals surface area contributed by atoms with Gasteiger partial charge in [-0.25, -0.2) is 0 Å². The van der Waals surface area contributed by atoms with E-state index in [-0.39, 0.29) is 0 Å². The Bertz CT molecular complexity index is 71.3. The highest BCUT2D eigenvalue weighted by Gasteiger charge is 2.10. The van der Waals surface area contributed by atoms with Crippen LogP contribution in [0.1, 0.15) is 27.7 Å². The maximum absolute atomic E-state index is 7.08. The molecule has 2 heteroatoms. The monoisotopic (exact) mass is 143 g/mol. The summed E-state index contributed by atoms with van der Waals surface area (Å²) in [6.07, 6.45) is 0. The zero-order valence-electron chi connectivity index (χ0n) is 7.52. The Morgan fingerprint density at radius 2 is 1.50 bits per heavy atom. The van der Waals surface area contributed by atoms with Crippen molar-refractivity contribution in [3.8, 4) is 0 Å². The van der Waals surface area contributed by atoms with Crippen molar-refractivity contribution < 1.29 is 0 Å². The third-order valence-corrected chi connectivity index (χ3v) is 1.70. The smallest absolute Gasteiger partial charge is 0.0228 e. The molecule has 0 aliphatic carbocycles. The number of nitrogens with one attached hydrogen (secondary N) is 1. The standard InChI is InChI=1S/C8H19N2/c1-7(2)10(6-5-9)8(3)4/h7-9H,5-6H2,1-4H3. The molecule has 0 aliphatic rings. The lowest BCUT2D eigenvalue weighted by Crippen LogP contribution is -2.39. The van der Waals surface area contributed by atoms with Crippen LogP contribution in [0.2, 0.25) is 0 Å². The zero-order valence-corrected chi connectivity index (χ0v) is 7.52. The molecule has 0 amide bonds. The summed E-state index contributed by atoms with van der Waals surface area (Å²) in [4.78, 5) is 2.33. The van der Waals surface area contributed by atoms with E-state index in [2.05, 4.69) is 32.6 Å². The van der Waals surface area contributed by atoms with Crippen molar-refractivity contribution in [1.29, 1.82) is 0 Å². The molecule has 10 heavy (non-hydrogen) atoms. The molecule has 0 saturated heterocycles. The van der Waals surface area contributed by atoms with Gasteiger partial charge < -0.3 is 0 Å². The Kier molecular flexibility index (Phi) is 4.65. The second kappa shape index (κ2) is 4.69. The van der Waals surface area contributed by atoms with E-state index >= 15 is 0 Å². The Hall–Kier alpha value is -0.0800. The van der Waals surface area contributed by atoms with Gasteiger partial charge >= 0.3 is 0 Å².